The average Bonchev–Trinajstić information content (AvgIpc) is 2.73. The van der Waals surface area contributed by atoms with Gasteiger partial charge in [-0.15, -0.1) is 0 Å². The monoisotopic (exact) mass is 306 g/mol. The van der Waals surface area contributed by atoms with Gasteiger partial charge in [0.25, 0.3) is 0 Å². The molecule has 0 radical (unpaired) electrons. The smallest absolute Gasteiger partial charge is 0.344 e. The summed E-state index contributed by atoms with van der Waals surface area (Å²) in [5, 5.41) is 9.80. The fourth-order valence-corrected chi connectivity index (χ4v) is 2.52. The Balaban J connectivity index is 2.09. The van der Waals surface area contributed by atoms with E-state index in [1.165, 1.54) is 0 Å². The van der Waals surface area contributed by atoms with Crippen LogP contribution in [-0.2, 0) is 4.74 Å². The van der Waals surface area contributed by atoms with E-state index in [0.717, 1.165) is 5.56 Å². The van der Waals surface area contributed by atoms with E-state index in [1.807, 2.05) is 6.07 Å². The quantitative estimate of drug-likeness (QED) is 0.796. The number of rotatable bonds is 1. The minimum atomic E-state index is -0.386. The molecule has 0 fully saturated rings. The summed E-state index contributed by atoms with van der Waals surface area (Å²) in [6.07, 6.45) is 1.65. The van der Waals surface area contributed by atoms with Gasteiger partial charge in [-0.3, -0.25) is 0 Å². The molecule has 0 unspecified atom stereocenters. The van der Waals surface area contributed by atoms with Gasteiger partial charge >= 0.3 is 5.97 Å². The van der Waals surface area contributed by atoms with Gasteiger partial charge in [-0.25, -0.2) is 4.79 Å². The maximum atomic E-state index is 11.7. The Hall–Kier alpha value is -1.97. The summed E-state index contributed by atoms with van der Waals surface area (Å²) < 4.78 is 5.22. The molecule has 3 nitrogen and oxygen atoms in total. The summed E-state index contributed by atoms with van der Waals surface area (Å²) >= 11 is 11.7. The molecule has 20 heavy (non-hydrogen) atoms. The minimum Gasteiger partial charge on any atom is -0.505 e. The highest BCUT2D eigenvalue weighted by Gasteiger charge is 2.25. The number of phenols is 1. The van der Waals surface area contributed by atoms with Gasteiger partial charge in [0, 0.05) is 5.56 Å². The molecule has 2 aromatic carbocycles. The van der Waals surface area contributed by atoms with Crippen molar-refractivity contribution < 1.29 is 14.6 Å². The van der Waals surface area contributed by atoms with Gasteiger partial charge in [0.1, 0.15) is 5.76 Å². The summed E-state index contributed by atoms with van der Waals surface area (Å²) in [5.74, 6) is -0.120. The molecule has 0 saturated heterocycles. The summed E-state index contributed by atoms with van der Waals surface area (Å²) in [6.45, 7) is 0. The van der Waals surface area contributed by atoms with Crippen molar-refractivity contribution in [3.63, 3.8) is 0 Å². The Morgan fingerprint density at radius 1 is 1.05 bits per heavy atom. The van der Waals surface area contributed by atoms with Crippen molar-refractivity contribution in [1.29, 1.82) is 0 Å². The van der Waals surface area contributed by atoms with Crippen molar-refractivity contribution in [2.45, 2.75) is 0 Å². The number of hydrogen-bond acceptors (Lipinski definition) is 3. The molecule has 100 valence electrons. The fourth-order valence-electron chi connectivity index (χ4n) is 2.01. The number of halogens is 2. The van der Waals surface area contributed by atoms with Gasteiger partial charge in [0.2, 0.25) is 0 Å². The fraction of sp³-hybridized carbons (Fsp3) is 0. The third-order valence-corrected chi connectivity index (χ3v) is 3.53. The molecule has 0 spiro atoms. The second-order valence-electron chi connectivity index (χ2n) is 4.28. The van der Waals surface area contributed by atoms with Crippen LogP contribution in [0.2, 0.25) is 10.0 Å². The molecular weight excluding hydrogens is 299 g/mol. The van der Waals surface area contributed by atoms with E-state index >= 15 is 0 Å². The SMILES string of the molecule is O=C1O/C(=C/c2cc(Cl)c(O)c(Cl)c2)c2ccccc21. The molecule has 3 rings (SSSR count). The summed E-state index contributed by atoms with van der Waals surface area (Å²) in [4.78, 5) is 11.7. The Morgan fingerprint density at radius 3 is 2.30 bits per heavy atom. The van der Waals surface area contributed by atoms with Gasteiger partial charge in [-0.2, -0.15) is 0 Å². The molecule has 0 saturated carbocycles. The molecule has 1 aliphatic heterocycles. The van der Waals surface area contributed by atoms with Crippen LogP contribution in [0, 0.1) is 0 Å². The van der Waals surface area contributed by atoms with E-state index in [0.29, 0.717) is 16.9 Å². The first-order chi connectivity index (χ1) is 9.56. The molecule has 5 heteroatoms. The predicted molar refractivity (Wildman–Crippen MR) is 77.9 cm³/mol. The maximum absolute atomic E-state index is 11.7. The number of hydrogen-bond donors (Lipinski definition) is 1. The maximum Gasteiger partial charge on any atom is 0.344 e. The number of aromatic hydroxyl groups is 1. The number of benzene rings is 2. The molecule has 1 aliphatic rings. The topological polar surface area (TPSA) is 46.5 Å². The van der Waals surface area contributed by atoms with Crippen molar-refractivity contribution in [3.05, 3.63) is 63.1 Å². The molecule has 0 atom stereocenters. The second kappa shape index (κ2) is 4.85. The number of ether oxygens (including phenoxy) is 1. The molecule has 1 N–H and O–H groups in total. The molecule has 0 aliphatic carbocycles. The number of phenolic OH excluding ortho intramolecular Hbond substituents is 1. The van der Waals surface area contributed by atoms with Crippen molar-refractivity contribution >= 4 is 41.0 Å². The number of fused-ring (bicyclic) bond motifs is 1. The summed E-state index contributed by atoms with van der Waals surface area (Å²) in [7, 11) is 0. The number of esters is 1. The first-order valence-corrected chi connectivity index (χ1v) is 6.53. The third kappa shape index (κ3) is 2.15. The third-order valence-electron chi connectivity index (χ3n) is 2.95. The Labute approximate surface area is 125 Å². The van der Waals surface area contributed by atoms with Crippen LogP contribution in [0.15, 0.2) is 36.4 Å². The van der Waals surface area contributed by atoms with Gasteiger partial charge in [-0.05, 0) is 29.8 Å². The largest absolute Gasteiger partial charge is 0.505 e. The minimum absolute atomic E-state index is 0.141. The lowest BCUT2D eigenvalue weighted by atomic mass is 10.1. The zero-order chi connectivity index (χ0) is 14.3. The molecular formula is C15H8Cl2O3. The summed E-state index contributed by atoms with van der Waals surface area (Å²) in [5.41, 5.74) is 1.88. The van der Waals surface area contributed by atoms with Crippen molar-refractivity contribution in [2.75, 3.05) is 0 Å². The van der Waals surface area contributed by atoms with Crippen LogP contribution in [-0.4, -0.2) is 11.1 Å². The lowest BCUT2D eigenvalue weighted by Gasteiger charge is -2.03. The Bertz CT molecular complexity index is 728. The molecule has 0 bridgehead atoms. The van der Waals surface area contributed by atoms with E-state index in [2.05, 4.69) is 0 Å². The molecule has 0 aromatic heterocycles. The second-order valence-corrected chi connectivity index (χ2v) is 5.09. The number of carbonyl (C=O) groups is 1. The average molecular weight is 307 g/mol. The van der Waals surface area contributed by atoms with E-state index in [-0.39, 0.29) is 21.8 Å². The van der Waals surface area contributed by atoms with Gasteiger partial charge in [0.15, 0.2) is 5.75 Å². The van der Waals surface area contributed by atoms with Crippen molar-refractivity contribution in [1.82, 2.24) is 0 Å². The first kappa shape index (κ1) is 13.0. The van der Waals surface area contributed by atoms with E-state index < -0.39 is 0 Å². The summed E-state index contributed by atoms with van der Waals surface area (Å²) in [6, 6.07) is 10.2. The number of carbonyl (C=O) groups excluding carboxylic acids is 1. The highest BCUT2D eigenvalue weighted by molar-refractivity contribution is 6.37. The standard InChI is InChI=1S/C15H8Cl2O3/c16-11-5-8(6-12(17)14(11)18)7-13-9-3-1-2-4-10(9)15(19)20-13/h1-7,18H/b13-7+. The molecule has 2 aromatic rings. The van der Waals surface area contributed by atoms with E-state index in [9.17, 15) is 9.90 Å². The van der Waals surface area contributed by atoms with Gasteiger partial charge in [0.05, 0.1) is 15.6 Å². The first-order valence-electron chi connectivity index (χ1n) is 5.77. The number of cyclic esters (lactones) is 1. The zero-order valence-corrected chi connectivity index (χ0v) is 11.6. The van der Waals surface area contributed by atoms with Crippen molar-refractivity contribution in [2.24, 2.45) is 0 Å². The van der Waals surface area contributed by atoms with Crippen LogP contribution in [0.1, 0.15) is 21.5 Å². The van der Waals surface area contributed by atoms with Crippen LogP contribution >= 0.6 is 23.2 Å². The van der Waals surface area contributed by atoms with Crippen LogP contribution in [0.4, 0.5) is 0 Å². The molecule has 1 heterocycles. The Morgan fingerprint density at radius 2 is 1.65 bits per heavy atom. The highest BCUT2D eigenvalue weighted by atomic mass is 35.5. The zero-order valence-electron chi connectivity index (χ0n) is 10.1. The predicted octanol–water partition coefficient (Wildman–Crippen LogP) is 4.37. The van der Waals surface area contributed by atoms with Crippen molar-refractivity contribution in [3.8, 4) is 5.75 Å². The van der Waals surface area contributed by atoms with Crippen LogP contribution in [0.5, 0.6) is 5.75 Å². The van der Waals surface area contributed by atoms with Crippen LogP contribution in [0.25, 0.3) is 11.8 Å². The lowest BCUT2D eigenvalue weighted by Crippen LogP contribution is -1.92. The van der Waals surface area contributed by atoms with E-state index in [4.69, 9.17) is 27.9 Å². The van der Waals surface area contributed by atoms with Gasteiger partial charge < -0.3 is 9.84 Å². The van der Waals surface area contributed by atoms with Gasteiger partial charge in [-0.1, -0.05) is 41.4 Å². The molecule has 0 amide bonds. The highest BCUT2D eigenvalue weighted by Crippen LogP contribution is 2.36. The van der Waals surface area contributed by atoms with Crippen LogP contribution in [0.3, 0.4) is 0 Å². The van der Waals surface area contributed by atoms with Crippen LogP contribution < -0.4 is 0 Å². The lowest BCUT2D eigenvalue weighted by molar-refractivity contribution is 0.0717. The Kier molecular flexibility index (Phi) is 3.16. The van der Waals surface area contributed by atoms with E-state index in [1.54, 1.807) is 36.4 Å². The normalized spacial score (nSPS) is 15.3.